The fourth-order valence-electron chi connectivity index (χ4n) is 2.87. The zero-order valence-corrected chi connectivity index (χ0v) is 19.3. The number of amides is 1. The summed E-state index contributed by atoms with van der Waals surface area (Å²) in [6.07, 6.45) is 0. The van der Waals surface area contributed by atoms with Crippen LogP contribution in [-0.2, 0) is 14.8 Å². The molecule has 162 valence electrons. The molecule has 0 radical (unpaired) electrons. The van der Waals surface area contributed by atoms with Gasteiger partial charge in [-0.15, -0.1) is 11.8 Å². The maximum absolute atomic E-state index is 12.5. The lowest BCUT2D eigenvalue weighted by Gasteiger charge is -2.13. The Morgan fingerprint density at radius 2 is 1.39 bits per heavy atom. The van der Waals surface area contributed by atoms with Crippen LogP contribution < -0.4 is 10.0 Å². The average molecular weight is 455 g/mol. The molecule has 1 atom stereocenters. The highest BCUT2D eigenvalue weighted by molar-refractivity contribution is 8.00. The highest BCUT2D eigenvalue weighted by Gasteiger charge is 2.16. The van der Waals surface area contributed by atoms with Crippen LogP contribution in [0, 0.1) is 0 Å². The molecule has 3 rings (SSSR count). The summed E-state index contributed by atoms with van der Waals surface area (Å²) in [5.74, 6) is 0.357. The number of carbonyl (C=O) groups excluding carboxylic acids is 1. The fraction of sp³-hybridized carbons (Fsp3) is 0.208. The van der Waals surface area contributed by atoms with E-state index in [0.29, 0.717) is 11.6 Å². The maximum Gasteiger partial charge on any atom is 0.261 e. The molecule has 3 aromatic rings. The summed E-state index contributed by atoms with van der Waals surface area (Å²) < 4.78 is 27.4. The van der Waals surface area contributed by atoms with Crippen LogP contribution in [0.3, 0.4) is 0 Å². The van der Waals surface area contributed by atoms with Gasteiger partial charge in [-0.2, -0.15) is 0 Å². The summed E-state index contributed by atoms with van der Waals surface area (Å²) >= 11 is 1.41. The molecule has 0 bridgehead atoms. The number of carbonyl (C=O) groups is 1. The molecule has 0 aliphatic heterocycles. The Kier molecular flexibility index (Phi) is 7.41. The predicted molar refractivity (Wildman–Crippen MR) is 128 cm³/mol. The molecule has 0 fully saturated rings. The minimum atomic E-state index is -3.63. The molecule has 0 aliphatic rings. The van der Waals surface area contributed by atoms with Crippen molar-refractivity contribution in [2.24, 2.45) is 0 Å². The zero-order valence-electron chi connectivity index (χ0n) is 17.7. The van der Waals surface area contributed by atoms with E-state index in [2.05, 4.69) is 23.9 Å². The number of thioether (sulfide) groups is 1. The number of hydrogen-bond acceptors (Lipinski definition) is 4. The first kappa shape index (κ1) is 22.9. The third-order valence-electron chi connectivity index (χ3n) is 4.69. The van der Waals surface area contributed by atoms with Gasteiger partial charge in [0.25, 0.3) is 10.0 Å². The lowest BCUT2D eigenvalue weighted by atomic mass is 10.0. The molecule has 0 aliphatic carbocycles. The molecule has 0 heterocycles. The first-order valence-electron chi connectivity index (χ1n) is 10.00. The smallest absolute Gasteiger partial charge is 0.261 e. The molecule has 0 aromatic heterocycles. The zero-order chi connectivity index (χ0) is 22.4. The Labute approximate surface area is 188 Å². The lowest BCUT2D eigenvalue weighted by molar-refractivity contribution is -0.115. The number of nitrogens with one attached hydrogen (secondary N) is 2. The molecular weight excluding hydrogens is 428 g/mol. The monoisotopic (exact) mass is 454 g/mol. The first-order valence-corrected chi connectivity index (χ1v) is 12.4. The van der Waals surface area contributed by atoms with Crippen LogP contribution in [0.25, 0.3) is 0 Å². The van der Waals surface area contributed by atoms with Crippen LogP contribution in [0.15, 0.2) is 88.7 Å². The fourth-order valence-corrected chi connectivity index (χ4v) is 4.82. The van der Waals surface area contributed by atoms with Gasteiger partial charge in [0.1, 0.15) is 0 Å². The standard InChI is InChI=1S/C24H26N2O3S2/c1-17(2)19-9-11-20(12-10-19)25-24(27)18(3)30-22-15-13-21(14-16-22)26-31(28,29)23-7-5-4-6-8-23/h4-18,26H,1-3H3,(H,25,27). The highest BCUT2D eigenvalue weighted by atomic mass is 32.2. The van der Waals surface area contributed by atoms with Crippen LogP contribution in [-0.4, -0.2) is 19.6 Å². The summed E-state index contributed by atoms with van der Waals surface area (Å²) in [6, 6.07) is 23.1. The largest absolute Gasteiger partial charge is 0.325 e. The van der Waals surface area contributed by atoms with E-state index in [4.69, 9.17) is 0 Å². The van der Waals surface area contributed by atoms with E-state index >= 15 is 0 Å². The Morgan fingerprint density at radius 3 is 1.97 bits per heavy atom. The van der Waals surface area contributed by atoms with Crippen molar-refractivity contribution in [3.8, 4) is 0 Å². The summed E-state index contributed by atoms with van der Waals surface area (Å²) in [6.45, 7) is 6.10. The molecule has 1 amide bonds. The lowest BCUT2D eigenvalue weighted by Crippen LogP contribution is -2.22. The minimum absolute atomic E-state index is 0.0869. The van der Waals surface area contributed by atoms with E-state index in [1.54, 1.807) is 54.6 Å². The van der Waals surface area contributed by atoms with Gasteiger partial charge in [-0.1, -0.05) is 44.2 Å². The van der Waals surface area contributed by atoms with Crippen molar-refractivity contribution in [1.29, 1.82) is 0 Å². The molecular formula is C24H26N2O3S2. The van der Waals surface area contributed by atoms with Crippen molar-refractivity contribution >= 4 is 39.1 Å². The van der Waals surface area contributed by atoms with Gasteiger partial charge in [-0.05, 0) is 66.9 Å². The van der Waals surface area contributed by atoms with E-state index in [9.17, 15) is 13.2 Å². The van der Waals surface area contributed by atoms with Gasteiger partial charge >= 0.3 is 0 Å². The summed E-state index contributed by atoms with van der Waals surface area (Å²) in [7, 11) is -3.63. The second kappa shape index (κ2) is 10.0. The second-order valence-electron chi connectivity index (χ2n) is 7.47. The van der Waals surface area contributed by atoms with Gasteiger partial charge in [-0.25, -0.2) is 8.42 Å². The van der Waals surface area contributed by atoms with Crippen molar-refractivity contribution in [3.05, 3.63) is 84.4 Å². The van der Waals surface area contributed by atoms with E-state index in [0.717, 1.165) is 10.6 Å². The Hall–Kier alpha value is -2.77. The summed E-state index contributed by atoms with van der Waals surface area (Å²) in [4.78, 5) is 13.6. The molecule has 0 saturated carbocycles. The molecule has 1 unspecified atom stereocenters. The quantitative estimate of drug-likeness (QED) is 0.426. The molecule has 0 saturated heterocycles. The van der Waals surface area contributed by atoms with Crippen LogP contribution in [0.2, 0.25) is 0 Å². The average Bonchev–Trinajstić information content (AvgIpc) is 2.76. The molecule has 5 nitrogen and oxygen atoms in total. The van der Waals surface area contributed by atoms with E-state index in [-0.39, 0.29) is 16.1 Å². The third kappa shape index (κ3) is 6.35. The van der Waals surface area contributed by atoms with Crippen molar-refractivity contribution in [1.82, 2.24) is 0 Å². The Bertz CT molecular complexity index is 1110. The van der Waals surface area contributed by atoms with Crippen molar-refractivity contribution in [2.45, 2.75) is 41.7 Å². The Morgan fingerprint density at radius 1 is 0.806 bits per heavy atom. The molecule has 3 aromatic carbocycles. The van der Waals surface area contributed by atoms with Crippen molar-refractivity contribution < 1.29 is 13.2 Å². The van der Waals surface area contributed by atoms with Crippen LogP contribution >= 0.6 is 11.8 Å². The molecule has 0 spiro atoms. The topological polar surface area (TPSA) is 75.3 Å². The number of sulfonamides is 1. The van der Waals surface area contributed by atoms with Crippen molar-refractivity contribution in [2.75, 3.05) is 10.0 Å². The number of rotatable bonds is 8. The van der Waals surface area contributed by atoms with Crippen LogP contribution in [0.1, 0.15) is 32.3 Å². The van der Waals surface area contributed by atoms with E-state index < -0.39 is 10.0 Å². The van der Waals surface area contributed by atoms with Gasteiger partial charge < -0.3 is 5.32 Å². The van der Waals surface area contributed by atoms with Gasteiger partial charge in [0.15, 0.2) is 0 Å². The summed E-state index contributed by atoms with van der Waals surface area (Å²) in [5.41, 5.74) is 2.46. The van der Waals surface area contributed by atoms with Crippen LogP contribution in [0.4, 0.5) is 11.4 Å². The third-order valence-corrected chi connectivity index (χ3v) is 7.20. The van der Waals surface area contributed by atoms with Crippen LogP contribution in [0.5, 0.6) is 0 Å². The normalized spacial score (nSPS) is 12.4. The van der Waals surface area contributed by atoms with Gasteiger partial charge in [0.2, 0.25) is 5.91 Å². The number of hydrogen-bond donors (Lipinski definition) is 2. The Balaban J connectivity index is 1.58. The van der Waals surface area contributed by atoms with Gasteiger partial charge in [0, 0.05) is 16.3 Å². The number of anilines is 2. The van der Waals surface area contributed by atoms with Gasteiger partial charge in [0.05, 0.1) is 10.1 Å². The molecule has 7 heteroatoms. The minimum Gasteiger partial charge on any atom is -0.325 e. The highest BCUT2D eigenvalue weighted by Crippen LogP contribution is 2.27. The predicted octanol–water partition coefficient (Wildman–Crippen LogP) is 5.73. The second-order valence-corrected chi connectivity index (χ2v) is 10.6. The molecule has 2 N–H and O–H groups in total. The molecule has 31 heavy (non-hydrogen) atoms. The SMILES string of the molecule is CC(Sc1ccc(NS(=O)(=O)c2ccccc2)cc1)C(=O)Nc1ccc(C(C)C)cc1. The van der Waals surface area contributed by atoms with Crippen molar-refractivity contribution in [3.63, 3.8) is 0 Å². The number of benzene rings is 3. The summed E-state index contributed by atoms with van der Waals surface area (Å²) in [5, 5.41) is 2.63. The maximum atomic E-state index is 12.5. The van der Waals surface area contributed by atoms with E-state index in [1.807, 2.05) is 31.2 Å². The van der Waals surface area contributed by atoms with Gasteiger partial charge in [-0.3, -0.25) is 9.52 Å². The first-order chi connectivity index (χ1) is 14.7. The van der Waals surface area contributed by atoms with E-state index in [1.165, 1.54) is 17.3 Å².